The van der Waals surface area contributed by atoms with E-state index in [4.69, 9.17) is 4.74 Å². The second-order valence-electron chi connectivity index (χ2n) is 3.10. The Bertz CT molecular complexity index is 283. The maximum atomic E-state index is 5.20. The number of ether oxygens (including phenoxy) is 1. The zero-order chi connectivity index (χ0) is 9.84. The van der Waals surface area contributed by atoms with Gasteiger partial charge >= 0.3 is 0 Å². The minimum absolute atomic E-state index is 0.456. The third kappa shape index (κ3) is 2.47. The quantitative estimate of drug-likeness (QED) is 0.732. The predicted molar refractivity (Wildman–Crippen MR) is 59.7 cm³/mol. The van der Waals surface area contributed by atoms with Gasteiger partial charge in [-0.3, -0.25) is 0 Å². The lowest BCUT2D eigenvalue weighted by molar-refractivity contribution is 0.411. The van der Waals surface area contributed by atoms with E-state index >= 15 is 0 Å². The van der Waals surface area contributed by atoms with Crippen molar-refractivity contribution in [3.05, 3.63) is 29.3 Å². The monoisotopic (exact) mass is 242 g/mol. The standard InChI is InChI=1S/C11H15BrO/c1-4-10(12)9-5-6-11(13-3)8(2)7-9/h5-7,10H,4H2,1-3H3. The second-order valence-corrected chi connectivity index (χ2v) is 4.21. The molecular weight excluding hydrogens is 228 g/mol. The Hall–Kier alpha value is -0.500. The average molecular weight is 243 g/mol. The highest BCUT2D eigenvalue weighted by Gasteiger charge is 2.06. The van der Waals surface area contributed by atoms with E-state index in [1.807, 2.05) is 6.07 Å². The van der Waals surface area contributed by atoms with Gasteiger partial charge in [0.2, 0.25) is 0 Å². The topological polar surface area (TPSA) is 9.23 Å². The summed E-state index contributed by atoms with van der Waals surface area (Å²) in [6.07, 6.45) is 1.10. The number of alkyl halides is 1. The van der Waals surface area contributed by atoms with E-state index in [2.05, 4.69) is 41.9 Å². The normalized spacial score (nSPS) is 12.6. The van der Waals surface area contributed by atoms with Gasteiger partial charge in [-0.15, -0.1) is 0 Å². The molecule has 1 atom stereocenters. The molecule has 1 aromatic rings. The van der Waals surface area contributed by atoms with Crippen molar-refractivity contribution in [2.45, 2.75) is 25.1 Å². The maximum absolute atomic E-state index is 5.20. The van der Waals surface area contributed by atoms with Crippen LogP contribution in [0, 0.1) is 6.92 Å². The van der Waals surface area contributed by atoms with Gasteiger partial charge in [0, 0.05) is 4.83 Å². The molecule has 1 nitrogen and oxygen atoms in total. The van der Waals surface area contributed by atoms with Gasteiger partial charge in [-0.25, -0.2) is 0 Å². The Balaban J connectivity index is 2.95. The molecule has 13 heavy (non-hydrogen) atoms. The molecule has 0 aromatic heterocycles. The first kappa shape index (κ1) is 10.6. The summed E-state index contributed by atoms with van der Waals surface area (Å²) in [6, 6.07) is 6.30. The number of benzene rings is 1. The Labute approximate surface area is 88.2 Å². The summed E-state index contributed by atoms with van der Waals surface area (Å²) in [5.41, 5.74) is 2.51. The Morgan fingerprint density at radius 3 is 2.62 bits per heavy atom. The molecular formula is C11H15BrO. The fourth-order valence-electron chi connectivity index (χ4n) is 1.33. The van der Waals surface area contributed by atoms with Crippen molar-refractivity contribution in [1.82, 2.24) is 0 Å². The first-order valence-electron chi connectivity index (χ1n) is 4.47. The first-order chi connectivity index (χ1) is 6.19. The van der Waals surface area contributed by atoms with Crippen molar-refractivity contribution in [2.24, 2.45) is 0 Å². The van der Waals surface area contributed by atoms with E-state index in [0.717, 1.165) is 12.2 Å². The number of methoxy groups -OCH3 is 1. The van der Waals surface area contributed by atoms with Gasteiger partial charge in [-0.1, -0.05) is 35.0 Å². The number of hydrogen-bond acceptors (Lipinski definition) is 1. The van der Waals surface area contributed by atoms with E-state index < -0.39 is 0 Å². The predicted octanol–water partition coefficient (Wildman–Crippen LogP) is 3.85. The second kappa shape index (κ2) is 4.66. The lowest BCUT2D eigenvalue weighted by Crippen LogP contribution is -1.91. The van der Waals surface area contributed by atoms with E-state index in [1.54, 1.807) is 7.11 Å². The minimum Gasteiger partial charge on any atom is -0.496 e. The minimum atomic E-state index is 0.456. The molecule has 1 aromatic carbocycles. The molecule has 0 N–H and O–H groups in total. The number of rotatable bonds is 3. The molecule has 1 rings (SSSR count). The van der Waals surface area contributed by atoms with E-state index in [1.165, 1.54) is 11.1 Å². The van der Waals surface area contributed by atoms with Crippen LogP contribution in [0.4, 0.5) is 0 Å². The molecule has 1 unspecified atom stereocenters. The molecule has 0 amide bonds. The van der Waals surface area contributed by atoms with Crippen LogP contribution >= 0.6 is 15.9 Å². The molecule has 0 aliphatic rings. The molecule has 0 aliphatic heterocycles. The fraction of sp³-hybridized carbons (Fsp3) is 0.455. The summed E-state index contributed by atoms with van der Waals surface area (Å²) in [5.74, 6) is 0.958. The number of aryl methyl sites for hydroxylation is 1. The summed E-state index contributed by atoms with van der Waals surface area (Å²) < 4.78 is 5.20. The molecule has 0 saturated heterocycles. The van der Waals surface area contributed by atoms with Crippen LogP contribution in [0.3, 0.4) is 0 Å². The van der Waals surface area contributed by atoms with Gasteiger partial charge in [0.15, 0.2) is 0 Å². The van der Waals surface area contributed by atoms with Crippen LogP contribution in [0.25, 0.3) is 0 Å². The fourth-order valence-corrected chi connectivity index (χ4v) is 1.62. The zero-order valence-electron chi connectivity index (χ0n) is 8.30. The highest BCUT2D eigenvalue weighted by molar-refractivity contribution is 9.09. The smallest absolute Gasteiger partial charge is 0.121 e. The summed E-state index contributed by atoms with van der Waals surface area (Å²) in [5, 5.41) is 0. The molecule has 2 heteroatoms. The Morgan fingerprint density at radius 2 is 2.15 bits per heavy atom. The van der Waals surface area contributed by atoms with Crippen LogP contribution in [-0.4, -0.2) is 7.11 Å². The maximum Gasteiger partial charge on any atom is 0.121 e. The van der Waals surface area contributed by atoms with Crippen LogP contribution in [0.2, 0.25) is 0 Å². The van der Waals surface area contributed by atoms with Crippen molar-refractivity contribution in [2.75, 3.05) is 7.11 Å². The lowest BCUT2D eigenvalue weighted by atomic mass is 10.1. The molecule has 0 aliphatic carbocycles. The van der Waals surface area contributed by atoms with Gasteiger partial charge in [0.25, 0.3) is 0 Å². The van der Waals surface area contributed by atoms with Crippen molar-refractivity contribution in [3.63, 3.8) is 0 Å². The van der Waals surface area contributed by atoms with Crippen molar-refractivity contribution >= 4 is 15.9 Å². The highest BCUT2D eigenvalue weighted by atomic mass is 79.9. The van der Waals surface area contributed by atoms with Gasteiger partial charge in [0.1, 0.15) is 5.75 Å². The van der Waals surface area contributed by atoms with Gasteiger partial charge in [0.05, 0.1) is 7.11 Å². The Morgan fingerprint density at radius 1 is 1.46 bits per heavy atom. The highest BCUT2D eigenvalue weighted by Crippen LogP contribution is 2.29. The zero-order valence-corrected chi connectivity index (χ0v) is 9.89. The molecule has 0 spiro atoms. The SMILES string of the molecule is CCC(Br)c1ccc(OC)c(C)c1. The van der Waals surface area contributed by atoms with Gasteiger partial charge < -0.3 is 4.74 Å². The van der Waals surface area contributed by atoms with Crippen molar-refractivity contribution in [1.29, 1.82) is 0 Å². The van der Waals surface area contributed by atoms with Crippen LogP contribution in [0.15, 0.2) is 18.2 Å². The van der Waals surface area contributed by atoms with Crippen LogP contribution in [0.5, 0.6) is 5.75 Å². The molecule has 0 saturated carbocycles. The lowest BCUT2D eigenvalue weighted by Gasteiger charge is -2.10. The van der Waals surface area contributed by atoms with E-state index in [0.29, 0.717) is 4.83 Å². The van der Waals surface area contributed by atoms with Crippen LogP contribution < -0.4 is 4.74 Å². The summed E-state index contributed by atoms with van der Waals surface area (Å²) >= 11 is 3.62. The molecule has 0 fully saturated rings. The van der Waals surface area contributed by atoms with Gasteiger partial charge in [-0.2, -0.15) is 0 Å². The summed E-state index contributed by atoms with van der Waals surface area (Å²) in [6.45, 7) is 4.23. The molecule has 72 valence electrons. The largest absolute Gasteiger partial charge is 0.496 e. The van der Waals surface area contributed by atoms with Crippen molar-refractivity contribution < 1.29 is 4.74 Å². The molecule has 0 heterocycles. The third-order valence-corrected chi connectivity index (χ3v) is 3.32. The number of halogens is 1. The molecule has 0 radical (unpaired) electrons. The third-order valence-electron chi connectivity index (χ3n) is 2.14. The van der Waals surface area contributed by atoms with Crippen LogP contribution in [0.1, 0.15) is 29.3 Å². The summed E-state index contributed by atoms with van der Waals surface area (Å²) in [7, 11) is 1.70. The van der Waals surface area contributed by atoms with E-state index in [9.17, 15) is 0 Å². The molecule has 0 bridgehead atoms. The summed E-state index contributed by atoms with van der Waals surface area (Å²) in [4.78, 5) is 0.456. The van der Waals surface area contributed by atoms with Gasteiger partial charge in [-0.05, 0) is 30.5 Å². The first-order valence-corrected chi connectivity index (χ1v) is 5.39. The van der Waals surface area contributed by atoms with Crippen LogP contribution in [-0.2, 0) is 0 Å². The average Bonchev–Trinajstić information content (AvgIpc) is 2.16. The Kier molecular flexibility index (Phi) is 3.79. The van der Waals surface area contributed by atoms with E-state index in [-0.39, 0.29) is 0 Å². The van der Waals surface area contributed by atoms with Crippen molar-refractivity contribution in [3.8, 4) is 5.75 Å². The number of hydrogen-bond donors (Lipinski definition) is 0.